The first-order valence-corrected chi connectivity index (χ1v) is 7.80. The van der Waals surface area contributed by atoms with Crippen LogP contribution in [0.5, 0.6) is 11.5 Å². The van der Waals surface area contributed by atoms with Crippen molar-refractivity contribution in [1.82, 2.24) is 0 Å². The maximum Gasteiger partial charge on any atom is 0.265 e. The fraction of sp³-hybridized carbons (Fsp3) is 0.263. The van der Waals surface area contributed by atoms with Crippen LogP contribution >= 0.6 is 0 Å². The Morgan fingerprint density at radius 3 is 2.79 bits per heavy atom. The van der Waals surface area contributed by atoms with E-state index in [4.69, 9.17) is 9.47 Å². The summed E-state index contributed by atoms with van der Waals surface area (Å²) in [5.74, 6) is 0.771. The number of amides is 1. The predicted octanol–water partition coefficient (Wildman–Crippen LogP) is 2.86. The normalized spacial score (nSPS) is 15.8. The lowest BCUT2D eigenvalue weighted by Gasteiger charge is -2.23. The Hall–Kier alpha value is -2.82. The molecule has 124 valence electrons. The monoisotopic (exact) mass is 325 g/mol. The van der Waals surface area contributed by atoms with Gasteiger partial charge < -0.3 is 14.4 Å². The molecule has 0 aliphatic carbocycles. The minimum absolute atomic E-state index is 0.0878. The zero-order valence-electron chi connectivity index (χ0n) is 13.7. The highest BCUT2D eigenvalue weighted by atomic mass is 16.5. The largest absolute Gasteiger partial charge is 0.493 e. The van der Waals surface area contributed by atoms with Gasteiger partial charge in [0.25, 0.3) is 5.91 Å². The van der Waals surface area contributed by atoms with Crippen molar-refractivity contribution in [2.75, 3.05) is 18.6 Å². The van der Waals surface area contributed by atoms with Crippen molar-refractivity contribution in [3.8, 4) is 11.5 Å². The lowest BCUT2D eigenvalue weighted by molar-refractivity contribution is -0.120. The molecule has 2 aromatic carbocycles. The smallest absolute Gasteiger partial charge is 0.265 e. The maximum atomic E-state index is 12.6. The Bertz CT molecular complexity index is 772. The molecular weight excluding hydrogens is 306 g/mol. The highest BCUT2D eigenvalue weighted by Crippen LogP contribution is 2.32. The first kappa shape index (κ1) is 16.1. The minimum Gasteiger partial charge on any atom is -0.493 e. The molecule has 5 heteroatoms. The van der Waals surface area contributed by atoms with Crippen LogP contribution in [0.15, 0.2) is 42.5 Å². The lowest BCUT2D eigenvalue weighted by Crippen LogP contribution is -2.39. The van der Waals surface area contributed by atoms with E-state index in [1.807, 2.05) is 31.2 Å². The molecule has 5 nitrogen and oxygen atoms in total. The second kappa shape index (κ2) is 6.74. The van der Waals surface area contributed by atoms with E-state index in [0.717, 1.165) is 18.4 Å². The van der Waals surface area contributed by atoms with Crippen molar-refractivity contribution >= 4 is 17.9 Å². The molecule has 24 heavy (non-hydrogen) atoms. The molecule has 0 N–H and O–H groups in total. The van der Waals surface area contributed by atoms with E-state index in [1.54, 1.807) is 23.1 Å². The quantitative estimate of drug-likeness (QED) is 0.793. The first-order chi connectivity index (χ1) is 11.6. The van der Waals surface area contributed by atoms with Crippen molar-refractivity contribution < 1.29 is 19.1 Å². The molecule has 3 rings (SSSR count). The van der Waals surface area contributed by atoms with Gasteiger partial charge in [0, 0.05) is 17.3 Å². The topological polar surface area (TPSA) is 55.8 Å². The third-order valence-corrected chi connectivity index (χ3v) is 4.15. The van der Waals surface area contributed by atoms with Crippen LogP contribution in [0.25, 0.3) is 0 Å². The van der Waals surface area contributed by atoms with Gasteiger partial charge in [0.2, 0.25) is 0 Å². The Balaban J connectivity index is 1.73. The molecule has 0 saturated heterocycles. The van der Waals surface area contributed by atoms with Gasteiger partial charge in [0.05, 0.1) is 7.11 Å². The summed E-state index contributed by atoms with van der Waals surface area (Å²) in [5.41, 5.74) is 2.61. The van der Waals surface area contributed by atoms with E-state index < -0.39 is 0 Å². The third kappa shape index (κ3) is 2.97. The van der Waals surface area contributed by atoms with Gasteiger partial charge in [-0.05, 0) is 43.2 Å². The second-order valence-electron chi connectivity index (χ2n) is 5.76. The molecule has 2 aromatic rings. The summed E-state index contributed by atoms with van der Waals surface area (Å²) in [6.45, 7) is 1.94. The number of aldehydes is 1. The van der Waals surface area contributed by atoms with Crippen LogP contribution < -0.4 is 14.4 Å². The number of para-hydroxylation sites is 1. The number of benzene rings is 2. The number of hydrogen-bond donors (Lipinski definition) is 0. The summed E-state index contributed by atoms with van der Waals surface area (Å²) >= 11 is 0. The van der Waals surface area contributed by atoms with Gasteiger partial charge in [-0.1, -0.05) is 18.2 Å². The van der Waals surface area contributed by atoms with Crippen molar-refractivity contribution in [1.29, 1.82) is 0 Å². The number of rotatable bonds is 5. The highest BCUT2D eigenvalue weighted by Gasteiger charge is 2.30. The number of ether oxygens (including phenoxy) is 2. The molecule has 0 saturated carbocycles. The van der Waals surface area contributed by atoms with Crippen LogP contribution in [-0.4, -0.2) is 32.0 Å². The standard InChI is InChI=1S/C19H19NO4/c1-13-9-15-5-3-4-6-16(15)20(13)19(22)12-24-17-8-7-14(11-21)10-18(17)23-2/h3-8,10-11,13H,9,12H2,1-2H3/t13-/m0/s1. The van der Waals surface area contributed by atoms with Gasteiger partial charge in [-0.3, -0.25) is 9.59 Å². The van der Waals surface area contributed by atoms with Crippen molar-refractivity contribution in [2.45, 2.75) is 19.4 Å². The fourth-order valence-electron chi connectivity index (χ4n) is 3.03. The van der Waals surface area contributed by atoms with Crippen LogP contribution in [-0.2, 0) is 11.2 Å². The Labute approximate surface area is 140 Å². The minimum atomic E-state index is -0.103. The molecule has 0 spiro atoms. The van der Waals surface area contributed by atoms with Gasteiger partial charge in [-0.25, -0.2) is 0 Å². The first-order valence-electron chi connectivity index (χ1n) is 7.80. The number of nitrogens with zero attached hydrogens (tertiary/aromatic N) is 1. The summed E-state index contributed by atoms with van der Waals surface area (Å²) in [5, 5.41) is 0. The number of anilines is 1. The van der Waals surface area contributed by atoms with E-state index >= 15 is 0 Å². The molecule has 0 aromatic heterocycles. The molecule has 0 unspecified atom stereocenters. The van der Waals surface area contributed by atoms with Crippen LogP contribution in [0.1, 0.15) is 22.8 Å². The molecule has 0 bridgehead atoms. The van der Waals surface area contributed by atoms with E-state index in [0.29, 0.717) is 17.1 Å². The van der Waals surface area contributed by atoms with Crippen LogP contribution in [0.4, 0.5) is 5.69 Å². The molecule has 1 heterocycles. The fourth-order valence-corrected chi connectivity index (χ4v) is 3.03. The number of carbonyl (C=O) groups is 2. The predicted molar refractivity (Wildman–Crippen MR) is 91.0 cm³/mol. The highest BCUT2D eigenvalue weighted by molar-refractivity contribution is 5.97. The van der Waals surface area contributed by atoms with Crippen LogP contribution in [0.2, 0.25) is 0 Å². The zero-order chi connectivity index (χ0) is 17.1. The number of fused-ring (bicyclic) bond motifs is 1. The van der Waals surface area contributed by atoms with E-state index in [2.05, 4.69) is 0 Å². The molecule has 1 aliphatic heterocycles. The van der Waals surface area contributed by atoms with Gasteiger partial charge in [-0.15, -0.1) is 0 Å². The average molecular weight is 325 g/mol. The number of hydrogen-bond acceptors (Lipinski definition) is 4. The van der Waals surface area contributed by atoms with E-state index in [1.165, 1.54) is 12.7 Å². The summed E-state index contributed by atoms with van der Waals surface area (Å²) < 4.78 is 10.8. The molecule has 1 aliphatic rings. The Morgan fingerprint density at radius 1 is 1.25 bits per heavy atom. The molecule has 1 amide bonds. The maximum absolute atomic E-state index is 12.6. The van der Waals surface area contributed by atoms with E-state index in [9.17, 15) is 9.59 Å². The van der Waals surface area contributed by atoms with Crippen LogP contribution in [0.3, 0.4) is 0 Å². The van der Waals surface area contributed by atoms with Crippen molar-refractivity contribution in [3.63, 3.8) is 0 Å². The molecule has 0 fully saturated rings. The number of carbonyl (C=O) groups excluding carboxylic acids is 2. The Morgan fingerprint density at radius 2 is 2.04 bits per heavy atom. The van der Waals surface area contributed by atoms with Gasteiger partial charge >= 0.3 is 0 Å². The molecular formula is C19H19NO4. The average Bonchev–Trinajstić information content (AvgIpc) is 2.95. The second-order valence-corrected chi connectivity index (χ2v) is 5.76. The van der Waals surface area contributed by atoms with Gasteiger partial charge in [0.1, 0.15) is 6.29 Å². The lowest BCUT2D eigenvalue weighted by atomic mass is 10.1. The summed E-state index contributed by atoms with van der Waals surface area (Å²) in [7, 11) is 1.50. The van der Waals surface area contributed by atoms with Crippen molar-refractivity contribution in [2.24, 2.45) is 0 Å². The Kier molecular flexibility index (Phi) is 4.51. The number of methoxy groups -OCH3 is 1. The summed E-state index contributed by atoms with van der Waals surface area (Å²) in [4.78, 5) is 25.2. The van der Waals surface area contributed by atoms with E-state index in [-0.39, 0.29) is 18.6 Å². The SMILES string of the molecule is COc1cc(C=O)ccc1OCC(=O)N1c2ccccc2C[C@@H]1C. The van der Waals surface area contributed by atoms with Crippen LogP contribution in [0, 0.1) is 0 Å². The zero-order valence-corrected chi connectivity index (χ0v) is 13.7. The van der Waals surface area contributed by atoms with Crippen molar-refractivity contribution in [3.05, 3.63) is 53.6 Å². The molecule has 1 atom stereocenters. The third-order valence-electron chi connectivity index (χ3n) is 4.15. The molecule has 0 radical (unpaired) electrons. The van der Waals surface area contributed by atoms with Gasteiger partial charge in [-0.2, -0.15) is 0 Å². The summed E-state index contributed by atoms with van der Waals surface area (Å²) in [6, 6.07) is 12.9. The van der Waals surface area contributed by atoms with Gasteiger partial charge in [0.15, 0.2) is 18.1 Å². The summed E-state index contributed by atoms with van der Waals surface area (Å²) in [6.07, 6.45) is 1.58.